The summed E-state index contributed by atoms with van der Waals surface area (Å²) >= 11 is 0. The van der Waals surface area contributed by atoms with Crippen LogP contribution in [0.25, 0.3) is 6.08 Å². The molecule has 4 rings (SSSR count). The van der Waals surface area contributed by atoms with Crippen LogP contribution in [0.5, 0.6) is 17.2 Å². The number of phenolic OH excluding ortho intramolecular Hbond substituents is 1. The van der Waals surface area contributed by atoms with E-state index in [1.165, 1.54) is 0 Å². The minimum atomic E-state index is -0.299. The van der Waals surface area contributed by atoms with Crippen molar-refractivity contribution < 1.29 is 24.1 Å². The highest BCUT2D eigenvalue weighted by molar-refractivity contribution is 6.16. The van der Waals surface area contributed by atoms with Crippen LogP contribution in [0, 0.1) is 6.92 Å². The minimum Gasteiger partial charge on any atom is -0.507 e. The summed E-state index contributed by atoms with van der Waals surface area (Å²) < 4.78 is 16.3. The van der Waals surface area contributed by atoms with E-state index in [1.807, 2.05) is 37.3 Å². The third-order valence-corrected chi connectivity index (χ3v) is 5.16. The Bertz CT molecular complexity index is 927. The van der Waals surface area contributed by atoms with Crippen molar-refractivity contribution in [1.82, 2.24) is 4.90 Å². The second-order valence-corrected chi connectivity index (χ2v) is 7.00. The fourth-order valence-corrected chi connectivity index (χ4v) is 3.53. The molecular formula is C22H23NO5. The molecule has 28 heavy (non-hydrogen) atoms. The molecule has 0 spiro atoms. The fourth-order valence-electron chi connectivity index (χ4n) is 3.53. The number of phenols is 1. The molecule has 0 aromatic heterocycles. The number of aromatic hydroxyl groups is 1. The van der Waals surface area contributed by atoms with E-state index in [0.717, 1.165) is 35.5 Å². The molecule has 1 saturated heterocycles. The first-order chi connectivity index (χ1) is 13.6. The van der Waals surface area contributed by atoms with Crippen molar-refractivity contribution in [2.24, 2.45) is 0 Å². The molecule has 0 saturated carbocycles. The van der Waals surface area contributed by atoms with Crippen LogP contribution in [-0.4, -0.2) is 49.2 Å². The van der Waals surface area contributed by atoms with Gasteiger partial charge in [-0.25, -0.2) is 0 Å². The summed E-state index contributed by atoms with van der Waals surface area (Å²) in [6, 6.07) is 9.17. The summed E-state index contributed by atoms with van der Waals surface area (Å²) in [5, 5.41) is 10.8. The van der Waals surface area contributed by atoms with Crippen LogP contribution < -0.4 is 9.47 Å². The number of methoxy groups -OCH3 is 1. The van der Waals surface area contributed by atoms with Crippen molar-refractivity contribution >= 4 is 11.9 Å². The molecule has 0 unspecified atom stereocenters. The van der Waals surface area contributed by atoms with E-state index in [4.69, 9.17) is 14.2 Å². The van der Waals surface area contributed by atoms with Crippen LogP contribution in [0.2, 0.25) is 0 Å². The zero-order valence-electron chi connectivity index (χ0n) is 16.0. The van der Waals surface area contributed by atoms with E-state index >= 15 is 0 Å². The standard InChI is InChI=1S/C22H23NO5/c1-14-11-18-20(21(24)17(14)13-23-7-9-27-10-8-23)22(25)19(28-18)12-15-3-5-16(26-2)6-4-15/h3-6,11-12,24H,7-10,13H2,1-2H3/b19-12-. The average Bonchev–Trinajstić information content (AvgIpc) is 3.01. The van der Waals surface area contributed by atoms with E-state index in [-0.39, 0.29) is 22.9 Å². The van der Waals surface area contributed by atoms with Gasteiger partial charge >= 0.3 is 0 Å². The predicted molar refractivity (Wildman–Crippen MR) is 105 cm³/mol. The van der Waals surface area contributed by atoms with E-state index in [9.17, 15) is 9.90 Å². The van der Waals surface area contributed by atoms with Gasteiger partial charge < -0.3 is 19.3 Å². The molecular weight excluding hydrogens is 358 g/mol. The minimum absolute atomic E-state index is 0.0182. The molecule has 0 atom stereocenters. The van der Waals surface area contributed by atoms with Crippen LogP contribution in [0.3, 0.4) is 0 Å². The summed E-state index contributed by atoms with van der Waals surface area (Å²) in [4.78, 5) is 15.1. The number of nitrogens with zero attached hydrogens (tertiary/aromatic N) is 1. The quantitative estimate of drug-likeness (QED) is 0.821. The lowest BCUT2D eigenvalue weighted by Gasteiger charge is -2.27. The van der Waals surface area contributed by atoms with Crippen molar-refractivity contribution in [2.45, 2.75) is 13.5 Å². The maximum atomic E-state index is 12.9. The zero-order chi connectivity index (χ0) is 19.7. The number of ketones is 1. The first-order valence-electron chi connectivity index (χ1n) is 9.30. The molecule has 0 radical (unpaired) electrons. The Balaban J connectivity index is 1.62. The molecule has 1 N–H and O–H groups in total. The first kappa shape index (κ1) is 18.5. The third-order valence-electron chi connectivity index (χ3n) is 5.16. The van der Waals surface area contributed by atoms with Crippen LogP contribution in [0.15, 0.2) is 36.1 Å². The molecule has 2 aliphatic heterocycles. The van der Waals surface area contributed by atoms with Gasteiger partial charge in [-0.3, -0.25) is 9.69 Å². The van der Waals surface area contributed by atoms with Gasteiger partial charge in [-0.2, -0.15) is 0 Å². The Morgan fingerprint density at radius 3 is 2.61 bits per heavy atom. The zero-order valence-corrected chi connectivity index (χ0v) is 16.0. The number of aryl methyl sites for hydroxylation is 1. The van der Waals surface area contributed by atoms with Crippen molar-refractivity contribution in [2.75, 3.05) is 33.4 Å². The number of hydrogen-bond acceptors (Lipinski definition) is 6. The molecule has 2 heterocycles. The molecule has 146 valence electrons. The van der Waals surface area contributed by atoms with E-state index in [1.54, 1.807) is 13.2 Å². The van der Waals surface area contributed by atoms with Gasteiger partial charge in [0, 0.05) is 25.2 Å². The second-order valence-electron chi connectivity index (χ2n) is 7.00. The second kappa shape index (κ2) is 7.66. The number of benzene rings is 2. The number of carbonyl (C=O) groups excluding carboxylic acids is 1. The van der Waals surface area contributed by atoms with Gasteiger partial charge in [0.25, 0.3) is 0 Å². The molecule has 6 nitrogen and oxygen atoms in total. The Kier molecular flexibility index (Phi) is 5.07. The van der Waals surface area contributed by atoms with Gasteiger partial charge in [0.2, 0.25) is 5.78 Å². The highest BCUT2D eigenvalue weighted by Crippen LogP contribution is 2.42. The lowest BCUT2D eigenvalue weighted by Crippen LogP contribution is -2.35. The Labute approximate surface area is 163 Å². The smallest absolute Gasteiger partial charge is 0.235 e. The molecule has 2 aromatic rings. The normalized spacial score (nSPS) is 18.2. The first-order valence-corrected chi connectivity index (χ1v) is 9.30. The Morgan fingerprint density at radius 2 is 1.93 bits per heavy atom. The molecule has 2 aromatic carbocycles. The number of ether oxygens (including phenoxy) is 3. The third kappa shape index (κ3) is 3.48. The maximum Gasteiger partial charge on any atom is 0.235 e. The number of fused-ring (bicyclic) bond motifs is 1. The molecule has 0 bridgehead atoms. The van der Waals surface area contributed by atoms with Gasteiger partial charge in [0.1, 0.15) is 22.8 Å². The van der Waals surface area contributed by atoms with Crippen molar-refractivity contribution in [1.29, 1.82) is 0 Å². The van der Waals surface area contributed by atoms with Crippen LogP contribution in [-0.2, 0) is 11.3 Å². The number of carbonyl (C=O) groups is 1. The Morgan fingerprint density at radius 1 is 1.21 bits per heavy atom. The van der Waals surface area contributed by atoms with Gasteiger partial charge in [-0.15, -0.1) is 0 Å². The highest BCUT2D eigenvalue weighted by Gasteiger charge is 2.33. The van der Waals surface area contributed by atoms with Crippen LogP contribution in [0.4, 0.5) is 0 Å². The topological polar surface area (TPSA) is 68.2 Å². The van der Waals surface area contributed by atoms with Gasteiger partial charge in [0.15, 0.2) is 5.76 Å². The van der Waals surface area contributed by atoms with E-state index < -0.39 is 0 Å². The summed E-state index contributed by atoms with van der Waals surface area (Å²) in [6.45, 7) is 5.49. The lowest BCUT2D eigenvalue weighted by molar-refractivity contribution is 0.0338. The van der Waals surface area contributed by atoms with Crippen molar-refractivity contribution in [3.63, 3.8) is 0 Å². The number of hydrogen-bond donors (Lipinski definition) is 1. The van der Waals surface area contributed by atoms with Gasteiger partial charge in [-0.1, -0.05) is 12.1 Å². The van der Waals surface area contributed by atoms with E-state index in [0.29, 0.717) is 25.5 Å². The molecule has 6 heteroatoms. The largest absolute Gasteiger partial charge is 0.507 e. The van der Waals surface area contributed by atoms with Crippen molar-refractivity contribution in [3.05, 3.63) is 58.3 Å². The number of Topliss-reactive ketones (excluding diaryl/α,β-unsaturated/α-hetero) is 1. The summed E-state index contributed by atoms with van der Waals surface area (Å²) in [5.74, 6) is 1.07. The molecule has 0 aliphatic carbocycles. The number of allylic oxidation sites excluding steroid dienone is 1. The monoisotopic (exact) mass is 381 g/mol. The summed E-state index contributed by atoms with van der Waals surface area (Å²) in [5.41, 5.74) is 2.74. The van der Waals surface area contributed by atoms with E-state index in [2.05, 4.69) is 4.90 Å². The summed E-state index contributed by atoms with van der Waals surface area (Å²) in [7, 11) is 1.60. The number of rotatable bonds is 4. The van der Waals surface area contributed by atoms with Crippen LogP contribution in [0.1, 0.15) is 27.0 Å². The van der Waals surface area contributed by atoms with Crippen LogP contribution >= 0.6 is 0 Å². The van der Waals surface area contributed by atoms with Gasteiger partial charge in [-0.05, 0) is 42.3 Å². The lowest BCUT2D eigenvalue weighted by atomic mass is 9.99. The van der Waals surface area contributed by atoms with Gasteiger partial charge in [0.05, 0.1) is 20.3 Å². The summed E-state index contributed by atoms with van der Waals surface area (Å²) in [6.07, 6.45) is 1.68. The maximum absolute atomic E-state index is 12.9. The number of morpholine rings is 1. The average molecular weight is 381 g/mol. The van der Waals surface area contributed by atoms with Crippen molar-refractivity contribution in [3.8, 4) is 17.2 Å². The highest BCUT2D eigenvalue weighted by atomic mass is 16.5. The molecule has 2 aliphatic rings. The SMILES string of the molecule is COc1ccc(/C=C2\Oc3cc(C)c(CN4CCOCC4)c(O)c3C2=O)cc1. The molecule has 0 amide bonds. The Hall–Kier alpha value is -2.83. The fraction of sp³-hybridized carbons (Fsp3) is 0.318. The molecule has 1 fully saturated rings. The predicted octanol–water partition coefficient (Wildman–Crippen LogP) is 3.16.